The van der Waals surface area contributed by atoms with Gasteiger partial charge in [-0.25, -0.2) is 4.98 Å². The molecule has 3 N–H and O–H groups in total. The average molecular weight is 529 g/mol. The third-order valence-corrected chi connectivity index (χ3v) is 8.50. The zero-order valence-electron chi connectivity index (χ0n) is 21.2. The van der Waals surface area contributed by atoms with Crippen LogP contribution in [-0.4, -0.2) is 69.0 Å². The monoisotopic (exact) mass is 528 g/mol. The molecular formula is C25H37ClN2O6S. The fraction of sp³-hybridized carbons (Fsp3) is 0.720. The Labute approximate surface area is 216 Å². The number of nitrogens with zero attached hydrogens (tertiary/aromatic N) is 1. The number of carbonyl (C=O) groups is 2. The van der Waals surface area contributed by atoms with E-state index in [1.165, 1.54) is 0 Å². The molecule has 10 heteroatoms. The number of amides is 1. The number of rotatable bonds is 2. The lowest BCUT2D eigenvalue weighted by Gasteiger charge is -2.34. The maximum absolute atomic E-state index is 13.2. The number of nitrogens with one attached hydrogen (secondary N) is 1. The minimum atomic E-state index is -1.24. The molecule has 3 heterocycles. The molecule has 0 spiro atoms. The number of hydrogen-bond acceptors (Lipinski definition) is 8. The standard InChI is InChI=1S/C25H37ClN2O6S/c1-13(9-17-12-35-16(4)27-17)18-10-20-25(26,34-20)7-8-33-15(3)22(31)14(2)23(32)24(5,6)19(29)11-21(30)28-18/h9,12,14-15,18-20,22,29,31H,7-8,10-11H2,1-6H3,(H,28,30)/t14-,15+,18+,19+,20-,22+,25+/m1/s1. The normalized spacial score (nSPS) is 37.5. The van der Waals surface area contributed by atoms with E-state index in [2.05, 4.69) is 10.3 Å². The van der Waals surface area contributed by atoms with Gasteiger partial charge in [0.25, 0.3) is 0 Å². The van der Waals surface area contributed by atoms with Crippen molar-refractivity contribution in [3.63, 3.8) is 0 Å². The molecule has 1 amide bonds. The highest BCUT2D eigenvalue weighted by Crippen LogP contribution is 2.47. The van der Waals surface area contributed by atoms with E-state index < -0.39 is 40.7 Å². The van der Waals surface area contributed by atoms with Gasteiger partial charge < -0.3 is 25.0 Å². The Balaban J connectivity index is 1.85. The van der Waals surface area contributed by atoms with Crippen LogP contribution in [0.4, 0.5) is 0 Å². The Morgan fingerprint density at radius 1 is 1.31 bits per heavy atom. The largest absolute Gasteiger partial charge is 0.392 e. The smallest absolute Gasteiger partial charge is 0.223 e. The van der Waals surface area contributed by atoms with Gasteiger partial charge in [0.1, 0.15) is 11.9 Å². The molecule has 0 unspecified atom stereocenters. The Morgan fingerprint density at radius 3 is 2.63 bits per heavy atom. The molecule has 2 aliphatic rings. The van der Waals surface area contributed by atoms with Crippen molar-refractivity contribution in [1.82, 2.24) is 10.3 Å². The molecule has 196 valence electrons. The summed E-state index contributed by atoms with van der Waals surface area (Å²) in [6, 6.07) is -0.394. The lowest BCUT2D eigenvalue weighted by Crippen LogP contribution is -2.48. The van der Waals surface area contributed by atoms with Gasteiger partial charge in [0, 0.05) is 24.1 Å². The fourth-order valence-electron chi connectivity index (χ4n) is 4.48. The summed E-state index contributed by atoms with van der Waals surface area (Å²) in [5.41, 5.74) is 0.449. The molecule has 8 nitrogen and oxygen atoms in total. The lowest BCUT2D eigenvalue weighted by atomic mass is 9.74. The molecule has 0 saturated carbocycles. The number of ketones is 1. The van der Waals surface area contributed by atoms with Crippen molar-refractivity contribution >= 4 is 40.7 Å². The summed E-state index contributed by atoms with van der Waals surface area (Å²) in [4.78, 5) is 30.6. The predicted molar refractivity (Wildman–Crippen MR) is 135 cm³/mol. The molecule has 1 aromatic rings. The Bertz CT molecular complexity index is 966. The predicted octanol–water partition coefficient (Wildman–Crippen LogP) is 3.22. The maximum atomic E-state index is 13.2. The van der Waals surface area contributed by atoms with Crippen molar-refractivity contribution in [2.45, 2.75) is 96.3 Å². The first-order valence-electron chi connectivity index (χ1n) is 12.0. The number of thiazole rings is 1. The van der Waals surface area contributed by atoms with Crippen LogP contribution in [-0.2, 0) is 19.1 Å². The molecule has 35 heavy (non-hydrogen) atoms. The number of aliphatic hydroxyl groups excluding tert-OH is 2. The second-order valence-electron chi connectivity index (χ2n) is 10.3. The first-order chi connectivity index (χ1) is 16.2. The average Bonchev–Trinajstić information content (AvgIpc) is 3.22. The van der Waals surface area contributed by atoms with Crippen LogP contribution in [0.1, 0.15) is 64.6 Å². The van der Waals surface area contributed by atoms with Crippen molar-refractivity contribution in [2.24, 2.45) is 11.3 Å². The minimum absolute atomic E-state index is 0.245. The molecule has 7 atom stereocenters. The van der Waals surface area contributed by atoms with Crippen molar-refractivity contribution in [3.05, 3.63) is 21.7 Å². The van der Waals surface area contributed by atoms with E-state index in [0.29, 0.717) is 12.8 Å². The Hall–Kier alpha value is -1.36. The van der Waals surface area contributed by atoms with E-state index in [0.717, 1.165) is 16.3 Å². The number of alkyl halides is 1. The highest BCUT2D eigenvalue weighted by molar-refractivity contribution is 7.09. The quantitative estimate of drug-likeness (QED) is 0.398. The molecule has 2 fully saturated rings. The number of fused-ring (bicyclic) bond motifs is 1. The summed E-state index contributed by atoms with van der Waals surface area (Å²) in [5, 5.41) is 26.5. The zero-order valence-corrected chi connectivity index (χ0v) is 22.8. The van der Waals surface area contributed by atoms with E-state index in [9.17, 15) is 19.8 Å². The van der Waals surface area contributed by atoms with E-state index >= 15 is 0 Å². The fourth-order valence-corrected chi connectivity index (χ4v) is 5.32. The highest BCUT2D eigenvalue weighted by Gasteiger charge is 2.55. The summed E-state index contributed by atoms with van der Waals surface area (Å²) in [6.45, 7) is 10.6. The highest BCUT2D eigenvalue weighted by atomic mass is 35.5. The van der Waals surface area contributed by atoms with Crippen molar-refractivity contribution in [1.29, 1.82) is 0 Å². The van der Waals surface area contributed by atoms with Crippen LogP contribution in [0.5, 0.6) is 0 Å². The van der Waals surface area contributed by atoms with Gasteiger partial charge in [0.05, 0.1) is 53.5 Å². The van der Waals surface area contributed by atoms with Gasteiger partial charge in [-0.1, -0.05) is 32.4 Å². The number of epoxide rings is 1. The summed E-state index contributed by atoms with van der Waals surface area (Å²) in [6.07, 6.45) is -0.711. The van der Waals surface area contributed by atoms with Crippen molar-refractivity contribution in [3.8, 4) is 0 Å². The number of carbonyl (C=O) groups excluding carboxylic acids is 2. The van der Waals surface area contributed by atoms with E-state index in [-0.39, 0.29) is 30.8 Å². The molecule has 2 aliphatic heterocycles. The lowest BCUT2D eigenvalue weighted by molar-refractivity contribution is -0.146. The van der Waals surface area contributed by atoms with Crippen LogP contribution in [0.2, 0.25) is 0 Å². The van der Waals surface area contributed by atoms with Crippen LogP contribution >= 0.6 is 22.9 Å². The van der Waals surface area contributed by atoms with Crippen LogP contribution in [0.15, 0.2) is 11.0 Å². The van der Waals surface area contributed by atoms with Crippen LogP contribution in [0.3, 0.4) is 0 Å². The van der Waals surface area contributed by atoms with Gasteiger partial charge in [-0.15, -0.1) is 11.3 Å². The van der Waals surface area contributed by atoms with Gasteiger partial charge in [-0.2, -0.15) is 0 Å². The molecule has 0 radical (unpaired) electrons. The topological polar surface area (TPSA) is 121 Å². The molecule has 0 aliphatic carbocycles. The second-order valence-corrected chi connectivity index (χ2v) is 12.0. The number of Topliss-reactive ketones (excluding diaryl/α,β-unsaturated/α-hetero) is 1. The second kappa shape index (κ2) is 10.9. The third-order valence-electron chi connectivity index (χ3n) is 7.19. The van der Waals surface area contributed by atoms with Crippen molar-refractivity contribution < 1.29 is 29.3 Å². The van der Waals surface area contributed by atoms with Gasteiger partial charge in [-0.3, -0.25) is 9.59 Å². The van der Waals surface area contributed by atoms with E-state index in [1.807, 2.05) is 25.3 Å². The van der Waals surface area contributed by atoms with Gasteiger partial charge in [0.2, 0.25) is 5.91 Å². The minimum Gasteiger partial charge on any atom is -0.392 e. The molecule has 0 bridgehead atoms. The molecule has 3 rings (SSSR count). The van der Waals surface area contributed by atoms with E-state index in [4.69, 9.17) is 21.1 Å². The first kappa shape index (κ1) is 28.2. The number of aliphatic hydroxyl groups is 2. The maximum Gasteiger partial charge on any atom is 0.223 e. The number of aryl methyl sites for hydroxylation is 1. The SMILES string of the molecule is CC(=Cc1csc(C)n1)[C@@H]1C[C@H]2O[C@@]2(Cl)CCO[C@@H](C)[C@@H](O)[C@@H](C)C(=O)C(C)(C)[C@@H](O)CC(=O)N1. The number of halogens is 1. The Morgan fingerprint density at radius 2 is 2.00 bits per heavy atom. The molecule has 0 aromatic carbocycles. The molecular weight excluding hydrogens is 492 g/mol. The summed E-state index contributed by atoms with van der Waals surface area (Å²) in [7, 11) is 0. The van der Waals surface area contributed by atoms with Gasteiger partial charge in [0.15, 0.2) is 5.06 Å². The zero-order chi connectivity index (χ0) is 26.1. The summed E-state index contributed by atoms with van der Waals surface area (Å²) in [5.74, 6) is -1.51. The number of ether oxygens (including phenoxy) is 2. The van der Waals surface area contributed by atoms with Crippen LogP contribution in [0.25, 0.3) is 6.08 Å². The molecule has 1 aromatic heterocycles. The van der Waals surface area contributed by atoms with Crippen LogP contribution in [0, 0.1) is 18.3 Å². The summed E-state index contributed by atoms with van der Waals surface area (Å²) < 4.78 is 11.6. The molecule has 2 saturated heterocycles. The first-order valence-corrected chi connectivity index (χ1v) is 13.3. The Kier molecular flexibility index (Phi) is 8.82. The van der Waals surface area contributed by atoms with E-state index in [1.54, 1.807) is 39.0 Å². The van der Waals surface area contributed by atoms with Gasteiger partial charge in [-0.05, 0) is 32.4 Å². The number of aromatic nitrogens is 1. The summed E-state index contributed by atoms with van der Waals surface area (Å²) >= 11 is 8.18. The third kappa shape index (κ3) is 6.70. The van der Waals surface area contributed by atoms with Crippen LogP contribution < -0.4 is 5.32 Å². The number of hydrogen-bond donors (Lipinski definition) is 3. The van der Waals surface area contributed by atoms with Crippen molar-refractivity contribution in [2.75, 3.05) is 6.61 Å². The van der Waals surface area contributed by atoms with Gasteiger partial charge >= 0.3 is 0 Å².